The van der Waals surface area contributed by atoms with E-state index >= 15 is 0 Å². The first-order chi connectivity index (χ1) is 7.31. The Morgan fingerprint density at radius 2 is 2.00 bits per heavy atom. The lowest BCUT2D eigenvalue weighted by molar-refractivity contribution is 0.473. The van der Waals surface area contributed by atoms with Crippen molar-refractivity contribution in [1.29, 1.82) is 0 Å². The third-order valence-electron chi connectivity index (χ3n) is 3.30. The molecule has 1 aromatic carbocycles. The summed E-state index contributed by atoms with van der Waals surface area (Å²) in [4.78, 5) is 0. The Morgan fingerprint density at radius 3 is 2.67 bits per heavy atom. The minimum Gasteiger partial charge on any atom is -0.316 e. The summed E-state index contributed by atoms with van der Waals surface area (Å²) in [6, 6.07) is 8.81. The van der Waals surface area contributed by atoms with Crippen molar-refractivity contribution in [2.75, 3.05) is 13.1 Å². The summed E-state index contributed by atoms with van der Waals surface area (Å²) in [5.74, 6) is 1.55. The van der Waals surface area contributed by atoms with Gasteiger partial charge in [-0.3, -0.25) is 0 Å². The number of halogens is 1. The van der Waals surface area contributed by atoms with Crippen molar-refractivity contribution in [3.63, 3.8) is 0 Å². The number of benzene rings is 1. The van der Waals surface area contributed by atoms with Crippen LogP contribution >= 0.6 is 15.9 Å². The number of hydrogen-bond acceptors (Lipinski definition) is 1. The maximum Gasteiger partial charge on any atom is 0.0175 e. The molecule has 0 aromatic heterocycles. The molecule has 1 aliphatic heterocycles. The van der Waals surface area contributed by atoms with Gasteiger partial charge in [-0.25, -0.2) is 0 Å². The molecule has 1 fully saturated rings. The normalized spacial score (nSPS) is 25.7. The minimum absolute atomic E-state index is 0.720. The Morgan fingerprint density at radius 1 is 1.27 bits per heavy atom. The molecule has 2 rings (SSSR count). The van der Waals surface area contributed by atoms with Crippen LogP contribution in [0.25, 0.3) is 0 Å². The van der Waals surface area contributed by atoms with Crippen LogP contribution in [0.15, 0.2) is 28.7 Å². The molecule has 0 amide bonds. The minimum atomic E-state index is 0.720. The maximum atomic E-state index is 3.51. The summed E-state index contributed by atoms with van der Waals surface area (Å²) >= 11 is 3.48. The zero-order valence-electron chi connectivity index (χ0n) is 9.17. The van der Waals surface area contributed by atoms with Crippen LogP contribution in [-0.2, 0) is 0 Å². The molecule has 1 heterocycles. The van der Waals surface area contributed by atoms with E-state index in [0.717, 1.165) is 18.4 Å². The first-order valence-corrected chi connectivity index (χ1v) is 6.56. The first-order valence-electron chi connectivity index (χ1n) is 5.77. The predicted molar refractivity (Wildman–Crippen MR) is 68.2 cm³/mol. The fourth-order valence-electron chi connectivity index (χ4n) is 2.51. The number of rotatable bonds is 3. The standard InChI is InChI=1S/C13H18BrN/c1-2-3-11-8-15-9-13(11)10-4-6-12(14)7-5-10/h4-7,11,13,15H,2-3,8-9H2,1H3. The smallest absolute Gasteiger partial charge is 0.0175 e. The maximum absolute atomic E-state index is 3.51. The lowest BCUT2D eigenvalue weighted by Crippen LogP contribution is -2.10. The molecule has 15 heavy (non-hydrogen) atoms. The van der Waals surface area contributed by atoms with E-state index in [2.05, 4.69) is 52.4 Å². The van der Waals surface area contributed by atoms with Crippen molar-refractivity contribution >= 4 is 15.9 Å². The molecule has 1 saturated heterocycles. The van der Waals surface area contributed by atoms with Crippen LogP contribution in [0.1, 0.15) is 31.2 Å². The second kappa shape index (κ2) is 5.13. The third-order valence-corrected chi connectivity index (χ3v) is 3.83. The summed E-state index contributed by atoms with van der Waals surface area (Å²) < 4.78 is 1.17. The predicted octanol–water partition coefficient (Wildman–Crippen LogP) is 3.55. The molecule has 0 radical (unpaired) electrons. The Balaban J connectivity index is 2.11. The highest BCUT2D eigenvalue weighted by atomic mass is 79.9. The monoisotopic (exact) mass is 267 g/mol. The van der Waals surface area contributed by atoms with Crippen LogP contribution in [-0.4, -0.2) is 13.1 Å². The van der Waals surface area contributed by atoms with Gasteiger partial charge in [0, 0.05) is 16.9 Å². The van der Waals surface area contributed by atoms with E-state index in [1.54, 1.807) is 0 Å². The fourth-order valence-corrected chi connectivity index (χ4v) is 2.77. The van der Waals surface area contributed by atoms with E-state index in [1.807, 2.05) is 0 Å². The zero-order valence-corrected chi connectivity index (χ0v) is 10.8. The topological polar surface area (TPSA) is 12.0 Å². The van der Waals surface area contributed by atoms with E-state index in [1.165, 1.54) is 29.4 Å². The second-order valence-electron chi connectivity index (χ2n) is 4.37. The molecular weight excluding hydrogens is 250 g/mol. The molecule has 1 aromatic rings. The molecule has 2 atom stereocenters. The van der Waals surface area contributed by atoms with Crippen LogP contribution in [0, 0.1) is 5.92 Å². The Labute approximate surface area is 100 Å². The van der Waals surface area contributed by atoms with Gasteiger partial charge in [0.1, 0.15) is 0 Å². The summed E-state index contributed by atoms with van der Waals surface area (Å²) in [6.45, 7) is 4.61. The second-order valence-corrected chi connectivity index (χ2v) is 5.28. The van der Waals surface area contributed by atoms with Gasteiger partial charge in [0.2, 0.25) is 0 Å². The average Bonchev–Trinajstić information content (AvgIpc) is 2.68. The number of hydrogen-bond donors (Lipinski definition) is 1. The van der Waals surface area contributed by atoms with Gasteiger partial charge < -0.3 is 5.32 Å². The molecule has 0 saturated carbocycles. The fraction of sp³-hybridized carbons (Fsp3) is 0.538. The Bertz CT molecular complexity index is 307. The molecular formula is C13H18BrN. The van der Waals surface area contributed by atoms with Crippen molar-refractivity contribution in [3.8, 4) is 0 Å². The zero-order chi connectivity index (χ0) is 10.7. The van der Waals surface area contributed by atoms with Gasteiger partial charge in [-0.15, -0.1) is 0 Å². The van der Waals surface area contributed by atoms with E-state index in [9.17, 15) is 0 Å². The highest BCUT2D eigenvalue weighted by Gasteiger charge is 2.27. The van der Waals surface area contributed by atoms with Crippen LogP contribution in [0.5, 0.6) is 0 Å². The highest BCUT2D eigenvalue weighted by molar-refractivity contribution is 9.10. The largest absolute Gasteiger partial charge is 0.316 e. The van der Waals surface area contributed by atoms with Crippen LogP contribution < -0.4 is 5.32 Å². The van der Waals surface area contributed by atoms with Crippen molar-refractivity contribution < 1.29 is 0 Å². The molecule has 2 heteroatoms. The summed E-state index contributed by atoms with van der Waals surface area (Å²) in [7, 11) is 0. The van der Waals surface area contributed by atoms with Crippen molar-refractivity contribution in [3.05, 3.63) is 34.3 Å². The summed E-state index contributed by atoms with van der Waals surface area (Å²) in [6.07, 6.45) is 2.63. The molecule has 1 N–H and O–H groups in total. The van der Waals surface area contributed by atoms with Crippen molar-refractivity contribution in [1.82, 2.24) is 5.32 Å². The van der Waals surface area contributed by atoms with Gasteiger partial charge in [-0.1, -0.05) is 41.4 Å². The van der Waals surface area contributed by atoms with Crippen LogP contribution in [0.3, 0.4) is 0 Å². The van der Waals surface area contributed by atoms with E-state index in [-0.39, 0.29) is 0 Å². The molecule has 0 bridgehead atoms. The highest BCUT2D eigenvalue weighted by Crippen LogP contribution is 2.31. The van der Waals surface area contributed by atoms with Crippen LogP contribution in [0.4, 0.5) is 0 Å². The first kappa shape index (κ1) is 11.2. The lowest BCUT2D eigenvalue weighted by atomic mass is 9.86. The lowest BCUT2D eigenvalue weighted by Gasteiger charge is -2.18. The third kappa shape index (κ3) is 2.61. The Kier molecular flexibility index (Phi) is 3.81. The molecule has 0 spiro atoms. The summed E-state index contributed by atoms with van der Waals surface area (Å²) in [5, 5.41) is 3.51. The Hall–Kier alpha value is -0.340. The molecule has 2 unspecified atom stereocenters. The quantitative estimate of drug-likeness (QED) is 0.884. The molecule has 1 nitrogen and oxygen atoms in total. The van der Waals surface area contributed by atoms with Crippen molar-refractivity contribution in [2.24, 2.45) is 5.92 Å². The van der Waals surface area contributed by atoms with E-state index in [4.69, 9.17) is 0 Å². The van der Waals surface area contributed by atoms with Gasteiger partial charge in [-0.05, 0) is 36.6 Å². The van der Waals surface area contributed by atoms with Gasteiger partial charge in [0.25, 0.3) is 0 Å². The average molecular weight is 268 g/mol. The van der Waals surface area contributed by atoms with Crippen LogP contribution in [0.2, 0.25) is 0 Å². The van der Waals surface area contributed by atoms with Gasteiger partial charge >= 0.3 is 0 Å². The van der Waals surface area contributed by atoms with Gasteiger partial charge in [0.05, 0.1) is 0 Å². The van der Waals surface area contributed by atoms with Gasteiger partial charge in [-0.2, -0.15) is 0 Å². The molecule has 82 valence electrons. The number of nitrogens with one attached hydrogen (secondary N) is 1. The molecule has 1 aliphatic rings. The van der Waals surface area contributed by atoms with E-state index in [0.29, 0.717) is 0 Å². The van der Waals surface area contributed by atoms with E-state index < -0.39 is 0 Å². The molecule has 0 aliphatic carbocycles. The van der Waals surface area contributed by atoms with Crippen molar-refractivity contribution in [2.45, 2.75) is 25.7 Å². The van der Waals surface area contributed by atoms with Gasteiger partial charge in [0.15, 0.2) is 0 Å². The summed E-state index contributed by atoms with van der Waals surface area (Å²) in [5.41, 5.74) is 1.49. The SMILES string of the molecule is CCCC1CNCC1c1ccc(Br)cc1.